The monoisotopic (exact) mass is 185 g/mol. The van der Waals surface area contributed by atoms with Crippen molar-refractivity contribution in [3.05, 3.63) is 0 Å². The van der Waals surface area contributed by atoms with Gasteiger partial charge in [0.2, 0.25) is 0 Å². The summed E-state index contributed by atoms with van der Waals surface area (Å²) in [6.07, 6.45) is 2.18. The molecule has 1 heterocycles. The lowest BCUT2D eigenvalue weighted by Crippen LogP contribution is -2.42. The Balaban J connectivity index is 2.43. The molecule has 0 saturated carbocycles. The number of piperidine rings is 1. The normalized spacial score (nSPS) is 32.1. The smallest absolute Gasteiger partial charge is 0.0695 e. The lowest BCUT2D eigenvalue weighted by Gasteiger charge is -2.36. The fourth-order valence-electron chi connectivity index (χ4n) is 2.16. The van der Waals surface area contributed by atoms with Crippen molar-refractivity contribution < 1.29 is 5.11 Å². The Morgan fingerprint density at radius 1 is 1.38 bits per heavy atom. The first-order valence-corrected chi connectivity index (χ1v) is 5.25. The number of nitrogens with zero attached hydrogens (tertiary/aromatic N) is 1. The summed E-state index contributed by atoms with van der Waals surface area (Å²) >= 11 is 0. The van der Waals surface area contributed by atoms with E-state index in [0.717, 1.165) is 25.9 Å². The number of likely N-dealkylation sites (N-methyl/N-ethyl adjacent to an activating group) is 1. The van der Waals surface area contributed by atoms with Gasteiger partial charge in [-0.05, 0) is 37.8 Å². The molecule has 1 fully saturated rings. The van der Waals surface area contributed by atoms with E-state index < -0.39 is 0 Å². The molecule has 0 spiro atoms. The molecule has 0 aromatic rings. The summed E-state index contributed by atoms with van der Waals surface area (Å²) in [7, 11) is 2.08. The van der Waals surface area contributed by atoms with Gasteiger partial charge in [-0.15, -0.1) is 0 Å². The van der Waals surface area contributed by atoms with E-state index >= 15 is 0 Å². The maximum Gasteiger partial charge on any atom is 0.0695 e. The molecule has 1 aliphatic rings. The van der Waals surface area contributed by atoms with E-state index in [-0.39, 0.29) is 6.10 Å². The van der Waals surface area contributed by atoms with Gasteiger partial charge in [0.25, 0.3) is 0 Å². The van der Waals surface area contributed by atoms with E-state index in [1.54, 1.807) is 0 Å². The standard InChI is InChI=1S/C11H23NO/c1-11(2,3)7-9-5-6-12(4)8-10(9)13/h9-10,13H,5-8H2,1-4H3/t9?,10-/m0/s1. The zero-order valence-electron chi connectivity index (χ0n) is 9.38. The highest BCUT2D eigenvalue weighted by molar-refractivity contribution is 4.81. The van der Waals surface area contributed by atoms with Crippen LogP contribution in [0.4, 0.5) is 0 Å². The molecule has 13 heavy (non-hydrogen) atoms. The van der Waals surface area contributed by atoms with E-state index in [9.17, 15) is 5.11 Å². The number of hydrogen-bond acceptors (Lipinski definition) is 2. The highest BCUT2D eigenvalue weighted by Gasteiger charge is 2.29. The summed E-state index contributed by atoms with van der Waals surface area (Å²) in [6.45, 7) is 8.73. The third-order valence-electron chi connectivity index (χ3n) is 2.80. The lowest BCUT2D eigenvalue weighted by atomic mass is 9.79. The average Bonchev–Trinajstić information content (AvgIpc) is 1.93. The Bertz CT molecular complexity index is 162. The van der Waals surface area contributed by atoms with Crippen molar-refractivity contribution in [1.82, 2.24) is 4.90 Å². The molecule has 1 saturated heterocycles. The van der Waals surface area contributed by atoms with Crippen LogP contribution in [0.1, 0.15) is 33.6 Å². The van der Waals surface area contributed by atoms with Crippen LogP contribution in [0.25, 0.3) is 0 Å². The predicted octanol–water partition coefficient (Wildman–Crippen LogP) is 1.74. The summed E-state index contributed by atoms with van der Waals surface area (Å²) < 4.78 is 0. The van der Waals surface area contributed by atoms with Crippen molar-refractivity contribution in [3.63, 3.8) is 0 Å². The van der Waals surface area contributed by atoms with Crippen molar-refractivity contribution in [2.75, 3.05) is 20.1 Å². The number of hydrogen-bond donors (Lipinski definition) is 1. The summed E-state index contributed by atoms with van der Waals surface area (Å²) in [5.74, 6) is 0.510. The molecule has 0 aromatic carbocycles. The second kappa shape index (κ2) is 3.97. The van der Waals surface area contributed by atoms with E-state index in [4.69, 9.17) is 0 Å². The van der Waals surface area contributed by atoms with Gasteiger partial charge >= 0.3 is 0 Å². The van der Waals surface area contributed by atoms with Crippen molar-refractivity contribution in [3.8, 4) is 0 Å². The first kappa shape index (κ1) is 11.0. The van der Waals surface area contributed by atoms with E-state index in [1.165, 1.54) is 0 Å². The molecular weight excluding hydrogens is 162 g/mol. The quantitative estimate of drug-likeness (QED) is 0.672. The molecule has 1 unspecified atom stereocenters. The van der Waals surface area contributed by atoms with Crippen LogP contribution in [-0.4, -0.2) is 36.2 Å². The maximum atomic E-state index is 9.86. The molecule has 0 aromatic heterocycles. The zero-order valence-corrected chi connectivity index (χ0v) is 9.38. The highest BCUT2D eigenvalue weighted by Crippen LogP contribution is 2.30. The van der Waals surface area contributed by atoms with Gasteiger partial charge < -0.3 is 10.0 Å². The minimum atomic E-state index is -0.113. The molecule has 2 atom stereocenters. The van der Waals surface area contributed by atoms with Gasteiger partial charge in [0.05, 0.1) is 6.10 Å². The molecule has 1 N–H and O–H groups in total. The van der Waals surface area contributed by atoms with Crippen LogP contribution in [0.15, 0.2) is 0 Å². The van der Waals surface area contributed by atoms with Crippen LogP contribution in [-0.2, 0) is 0 Å². The van der Waals surface area contributed by atoms with Gasteiger partial charge in [-0.3, -0.25) is 0 Å². The maximum absolute atomic E-state index is 9.86. The SMILES string of the molecule is CN1CCC(CC(C)(C)C)[C@@H](O)C1. The Labute approximate surface area is 81.9 Å². The summed E-state index contributed by atoms with van der Waals surface area (Å²) in [5, 5.41) is 9.86. The Hall–Kier alpha value is -0.0800. The number of β-amino-alcohol motifs (C(OH)–C–C–N with tert-alkyl or cyclic N) is 1. The topological polar surface area (TPSA) is 23.5 Å². The minimum Gasteiger partial charge on any atom is -0.392 e. The number of aliphatic hydroxyl groups excluding tert-OH is 1. The first-order valence-electron chi connectivity index (χ1n) is 5.25. The molecule has 78 valence electrons. The third-order valence-corrected chi connectivity index (χ3v) is 2.80. The molecule has 2 nitrogen and oxygen atoms in total. The van der Waals surface area contributed by atoms with Crippen molar-refractivity contribution in [1.29, 1.82) is 0 Å². The second-order valence-electron chi connectivity index (χ2n) is 5.64. The van der Waals surface area contributed by atoms with Gasteiger partial charge in [0.1, 0.15) is 0 Å². The Morgan fingerprint density at radius 2 is 2.00 bits per heavy atom. The second-order valence-corrected chi connectivity index (χ2v) is 5.64. The van der Waals surface area contributed by atoms with Gasteiger partial charge in [-0.25, -0.2) is 0 Å². The van der Waals surface area contributed by atoms with Crippen molar-refractivity contribution in [2.45, 2.75) is 39.7 Å². The van der Waals surface area contributed by atoms with Crippen LogP contribution in [0, 0.1) is 11.3 Å². The fourth-order valence-corrected chi connectivity index (χ4v) is 2.16. The number of aliphatic hydroxyl groups is 1. The number of rotatable bonds is 1. The van der Waals surface area contributed by atoms with Gasteiger partial charge in [0.15, 0.2) is 0 Å². The first-order chi connectivity index (χ1) is 5.88. The predicted molar refractivity (Wildman–Crippen MR) is 55.7 cm³/mol. The van der Waals surface area contributed by atoms with Crippen LogP contribution in [0.2, 0.25) is 0 Å². The minimum absolute atomic E-state index is 0.113. The average molecular weight is 185 g/mol. The molecule has 0 aliphatic carbocycles. The van der Waals surface area contributed by atoms with Crippen LogP contribution in [0.3, 0.4) is 0 Å². The summed E-state index contributed by atoms with van der Waals surface area (Å²) in [5.41, 5.74) is 0.349. The van der Waals surface area contributed by atoms with E-state index in [2.05, 4.69) is 32.7 Å². The van der Waals surface area contributed by atoms with Crippen LogP contribution < -0.4 is 0 Å². The van der Waals surface area contributed by atoms with Gasteiger partial charge in [-0.1, -0.05) is 20.8 Å². The largest absolute Gasteiger partial charge is 0.392 e. The molecule has 2 heteroatoms. The third kappa shape index (κ3) is 3.65. The molecule has 0 amide bonds. The number of likely N-dealkylation sites (tertiary alicyclic amines) is 1. The molecule has 0 radical (unpaired) electrons. The Kier molecular flexibility index (Phi) is 3.36. The van der Waals surface area contributed by atoms with Crippen LogP contribution >= 0.6 is 0 Å². The summed E-state index contributed by atoms with van der Waals surface area (Å²) in [6, 6.07) is 0. The fraction of sp³-hybridized carbons (Fsp3) is 1.00. The van der Waals surface area contributed by atoms with Crippen LogP contribution in [0.5, 0.6) is 0 Å². The highest BCUT2D eigenvalue weighted by atomic mass is 16.3. The van der Waals surface area contributed by atoms with Gasteiger partial charge in [-0.2, -0.15) is 0 Å². The molecule has 1 rings (SSSR count). The van der Waals surface area contributed by atoms with E-state index in [1.807, 2.05) is 0 Å². The Morgan fingerprint density at radius 3 is 2.46 bits per heavy atom. The van der Waals surface area contributed by atoms with Crippen molar-refractivity contribution >= 4 is 0 Å². The summed E-state index contributed by atoms with van der Waals surface area (Å²) in [4.78, 5) is 2.21. The van der Waals surface area contributed by atoms with Gasteiger partial charge in [0, 0.05) is 6.54 Å². The molecular formula is C11H23NO. The molecule has 0 bridgehead atoms. The molecule has 1 aliphatic heterocycles. The van der Waals surface area contributed by atoms with Crippen molar-refractivity contribution in [2.24, 2.45) is 11.3 Å². The van der Waals surface area contributed by atoms with E-state index in [0.29, 0.717) is 11.3 Å². The lowest BCUT2D eigenvalue weighted by molar-refractivity contribution is 0.0148. The zero-order chi connectivity index (χ0) is 10.1.